The van der Waals surface area contributed by atoms with Gasteiger partial charge in [-0.2, -0.15) is 5.10 Å². The summed E-state index contributed by atoms with van der Waals surface area (Å²) in [5, 5.41) is 22.9. The number of aromatic hydroxyl groups is 2. The van der Waals surface area contributed by atoms with Gasteiger partial charge in [0.1, 0.15) is 11.5 Å². The normalized spacial score (nSPS) is 11.2. The number of hydrogen-bond acceptors (Lipinski definition) is 5. The van der Waals surface area contributed by atoms with E-state index in [2.05, 4.69) is 10.5 Å². The fourth-order valence-electron chi connectivity index (χ4n) is 1.72. The minimum Gasteiger partial charge on any atom is -0.508 e. The van der Waals surface area contributed by atoms with Gasteiger partial charge >= 0.3 is 0 Å². The molecule has 0 atom stereocenters. The third kappa shape index (κ3) is 3.50. The monoisotopic (exact) mass is 285 g/mol. The lowest BCUT2D eigenvalue weighted by molar-refractivity contribution is 0.0955. The summed E-state index contributed by atoms with van der Waals surface area (Å²) in [5.41, 5.74) is 9.77. The molecule has 6 heteroatoms. The summed E-state index contributed by atoms with van der Waals surface area (Å²) in [7, 11) is 0. The van der Waals surface area contributed by atoms with Crippen LogP contribution in [0.1, 0.15) is 22.8 Å². The Balaban J connectivity index is 2.12. The smallest absolute Gasteiger partial charge is 0.271 e. The standard InChI is InChI=1S/C15H15N3O3/c1-9(13-7-6-12(19)8-14(13)20)17-18-15(21)10-2-4-11(16)5-3-10/h2-8,19-20H,16H2,1H3,(H,18,21)/b17-9+. The number of hydrazone groups is 1. The number of nitrogens with one attached hydrogen (secondary N) is 1. The van der Waals surface area contributed by atoms with E-state index in [1.54, 1.807) is 31.2 Å². The molecule has 0 saturated heterocycles. The predicted octanol–water partition coefficient (Wildman–Crippen LogP) is 1.83. The average Bonchev–Trinajstić information content (AvgIpc) is 2.45. The minimum absolute atomic E-state index is 0.0463. The molecule has 0 saturated carbocycles. The molecule has 2 aromatic rings. The lowest BCUT2D eigenvalue weighted by Crippen LogP contribution is -2.19. The van der Waals surface area contributed by atoms with Crippen LogP contribution in [-0.2, 0) is 0 Å². The molecule has 0 heterocycles. The van der Waals surface area contributed by atoms with Crippen molar-refractivity contribution in [2.75, 3.05) is 5.73 Å². The number of nitrogens with zero attached hydrogens (tertiary/aromatic N) is 1. The van der Waals surface area contributed by atoms with Gasteiger partial charge in [0.25, 0.3) is 5.91 Å². The van der Waals surface area contributed by atoms with Crippen molar-refractivity contribution in [3.63, 3.8) is 0 Å². The van der Waals surface area contributed by atoms with Crippen molar-refractivity contribution in [1.82, 2.24) is 5.43 Å². The number of carbonyl (C=O) groups is 1. The molecule has 6 nitrogen and oxygen atoms in total. The summed E-state index contributed by atoms with van der Waals surface area (Å²) in [5.74, 6) is -0.541. The minimum atomic E-state index is -0.382. The lowest BCUT2D eigenvalue weighted by atomic mass is 10.1. The molecule has 2 rings (SSSR count). The Morgan fingerprint density at radius 2 is 1.81 bits per heavy atom. The second kappa shape index (κ2) is 5.96. The van der Waals surface area contributed by atoms with Crippen LogP contribution < -0.4 is 11.2 Å². The highest BCUT2D eigenvalue weighted by molar-refractivity contribution is 6.02. The summed E-state index contributed by atoms with van der Waals surface area (Å²) in [6.45, 7) is 1.63. The fraction of sp³-hybridized carbons (Fsp3) is 0.0667. The molecule has 0 unspecified atom stereocenters. The maximum Gasteiger partial charge on any atom is 0.271 e. The number of nitrogens with two attached hydrogens (primary N) is 1. The summed E-state index contributed by atoms with van der Waals surface area (Å²) in [6.07, 6.45) is 0. The van der Waals surface area contributed by atoms with E-state index in [4.69, 9.17) is 5.73 Å². The zero-order valence-electron chi connectivity index (χ0n) is 11.4. The van der Waals surface area contributed by atoms with Crippen molar-refractivity contribution in [3.05, 3.63) is 53.6 Å². The molecule has 0 fully saturated rings. The van der Waals surface area contributed by atoms with Gasteiger partial charge in [-0.3, -0.25) is 4.79 Å². The molecule has 0 aliphatic heterocycles. The van der Waals surface area contributed by atoms with Crippen LogP contribution in [0.15, 0.2) is 47.6 Å². The SMILES string of the molecule is C/C(=N\NC(=O)c1ccc(N)cc1)c1ccc(O)cc1O. The second-order valence-corrected chi connectivity index (χ2v) is 4.46. The molecule has 21 heavy (non-hydrogen) atoms. The number of rotatable bonds is 3. The van der Waals surface area contributed by atoms with Gasteiger partial charge in [0.05, 0.1) is 5.71 Å². The van der Waals surface area contributed by atoms with E-state index in [0.717, 1.165) is 0 Å². The van der Waals surface area contributed by atoms with E-state index in [9.17, 15) is 15.0 Å². The van der Waals surface area contributed by atoms with Crippen molar-refractivity contribution in [1.29, 1.82) is 0 Å². The molecule has 0 radical (unpaired) electrons. The lowest BCUT2D eigenvalue weighted by Gasteiger charge is -2.05. The maximum absolute atomic E-state index is 11.9. The number of anilines is 1. The first kappa shape index (κ1) is 14.4. The number of phenols is 2. The molecule has 5 N–H and O–H groups in total. The van der Waals surface area contributed by atoms with Gasteiger partial charge in [0, 0.05) is 22.9 Å². The van der Waals surface area contributed by atoms with E-state index < -0.39 is 0 Å². The number of hydrogen-bond donors (Lipinski definition) is 4. The summed E-state index contributed by atoms with van der Waals surface area (Å²) in [4.78, 5) is 11.9. The van der Waals surface area contributed by atoms with Crippen LogP contribution >= 0.6 is 0 Å². The number of amides is 1. The van der Waals surface area contributed by atoms with Crippen molar-refractivity contribution in [2.45, 2.75) is 6.92 Å². The van der Waals surface area contributed by atoms with Gasteiger partial charge in [-0.25, -0.2) is 5.43 Å². The van der Waals surface area contributed by atoms with E-state index in [1.807, 2.05) is 0 Å². The first-order chi connectivity index (χ1) is 9.97. The van der Waals surface area contributed by atoms with Crippen LogP contribution in [0.25, 0.3) is 0 Å². The van der Waals surface area contributed by atoms with Crippen LogP contribution in [-0.4, -0.2) is 21.8 Å². The zero-order chi connectivity index (χ0) is 15.4. The summed E-state index contributed by atoms with van der Waals surface area (Å²) in [6, 6.07) is 10.6. The van der Waals surface area contributed by atoms with Gasteiger partial charge in [-0.15, -0.1) is 0 Å². The van der Waals surface area contributed by atoms with Crippen LogP contribution in [0, 0.1) is 0 Å². The number of nitrogen functional groups attached to an aromatic ring is 1. The topological polar surface area (TPSA) is 108 Å². The molecular formula is C15H15N3O3. The molecule has 0 aromatic heterocycles. The molecule has 2 aromatic carbocycles. The van der Waals surface area contributed by atoms with Gasteiger partial charge < -0.3 is 15.9 Å². The number of benzene rings is 2. The second-order valence-electron chi connectivity index (χ2n) is 4.46. The van der Waals surface area contributed by atoms with E-state index in [-0.39, 0.29) is 17.4 Å². The molecular weight excluding hydrogens is 270 g/mol. The summed E-state index contributed by atoms with van der Waals surface area (Å²) >= 11 is 0. The highest BCUT2D eigenvalue weighted by atomic mass is 16.3. The van der Waals surface area contributed by atoms with Crippen LogP contribution in [0.5, 0.6) is 11.5 Å². The van der Waals surface area contributed by atoms with Crippen molar-refractivity contribution >= 4 is 17.3 Å². The van der Waals surface area contributed by atoms with Crippen LogP contribution in [0.4, 0.5) is 5.69 Å². The van der Waals surface area contributed by atoms with Crippen LogP contribution in [0.3, 0.4) is 0 Å². The Bertz CT molecular complexity index is 694. The van der Waals surface area contributed by atoms with E-state index >= 15 is 0 Å². The Morgan fingerprint density at radius 1 is 1.14 bits per heavy atom. The third-order valence-corrected chi connectivity index (χ3v) is 2.87. The highest BCUT2D eigenvalue weighted by Gasteiger charge is 2.07. The van der Waals surface area contributed by atoms with Gasteiger partial charge in [0.2, 0.25) is 0 Å². The molecule has 0 aliphatic carbocycles. The Hall–Kier alpha value is -3.02. The third-order valence-electron chi connectivity index (χ3n) is 2.87. The van der Waals surface area contributed by atoms with Gasteiger partial charge in [-0.05, 0) is 43.3 Å². The molecule has 0 aliphatic rings. The largest absolute Gasteiger partial charge is 0.508 e. The average molecular weight is 285 g/mol. The van der Waals surface area contributed by atoms with E-state index in [1.165, 1.54) is 18.2 Å². The highest BCUT2D eigenvalue weighted by Crippen LogP contribution is 2.22. The Labute approximate surface area is 121 Å². The number of phenolic OH excluding ortho intramolecular Hbond substituents is 2. The quantitative estimate of drug-likeness (QED) is 0.392. The zero-order valence-corrected chi connectivity index (χ0v) is 11.4. The van der Waals surface area contributed by atoms with Gasteiger partial charge in [0.15, 0.2) is 0 Å². The van der Waals surface area contributed by atoms with Crippen molar-refractivity contribution in [2.24, 2.45) is 5.10 Å². The molecule has 1 amide bonds. The van der Waals surface area contributed by atoms with Gasteiger partial charge in [-0.1, -0.05) is 0 Å². The van der Waals surface area contributed by atoms with Crippen LogP contribution in [0.2, 0.25) is 0 Å². The molecule has 0 bridgehead atoms. The van der Waals surface area contributed by atoms with Crippen molar-refractivity contribution < 1.29 is 15.0 Å². The Morgan fingerprint density at radius 3 is 2.43 bits per heavy atom. The first-order valence-corrected chi connectivity index (χ1v) is 6.20. The fourth-order valence-corrected chi connectivity index (χ4v) is 1.72. The molecule has 108 valence electrons. The number of carbonyl (C=O) groups excluding carboxylic acids is 1. The van der Waals surface area contributed by atoms with E-state index in [0.29, 0.717) is 22.5 Å². The summed E-state index contributed by atoms with van der Waals surface area (Å²) < 4.78 is 0. The Kier molecular flexibility index (Phi) is 4.08. The first-order valence-electron chi connectivity index (χ1n) is 6.20. The van der Waals surface area contributed by atoms with Crippen molar-refractivity contribution in [3.8, 4) is 11.5 Å². The predicted molar refractivity (Wildman–Crippen MR) is 80.3 cm³/mol. The molecule has 0 spiro atoms. The maximum atomic E-state index is 11.9.